The second kappa shape index (κ2) is 20.3. The Labute approximate surface area is 208 Å². The fourth-order valence-corrected chi connectivity index (χ4v) is 6.60. The zero-order chi connectivity index (χ0) is 22.5. The molecule has 0 aliphatic heterocycles. The number of rotatable bonds is 20. The summed E-state index contributed by atoms with van der Waals surface area (Å²) in [7, 11) is 4.46. The molecule has 0 saturated carbocycles. The van der Waals surface area contributed by atoms with E-state index >= 15 is 0 Å². The topological polar surface area (TPSA) is 54.0 Å². The predicted octanol–water partition coefficient (Wildman–Crippen LogP) is 6.61. The Hall–Kier alpha value is -0.0900. The maximum Gasteiger partial charge on any atom is 0.319 e. The minimum Gasteiger partial charge on any atom is -0.376 e. The molecule has 0 saturated heterocycles. The van der Waals surface area contributed by atoms with E-state index in [0.29, 0.717) is 39.6 Å². The zero-order valence-electron chi connectivity index (χ0n) is 18.0. The number of hydrogen-bond acceptors (Lipinski definition) is 9. The Morgan fingerprint density at radius 2 is 0.938 bits per heavy atom. The Balaban J connectivity index is 1.27. The highest BCUT2D eigenvalue weighted by Crippen LogP contribution is 2.28. The minimum absolute atomic E-state index is 0.432. The lowest BCUT2D eigenvalue weighted by molar-refractivity contribution is 0.136. The first kappa shape index (κ1) is 28.1. The molecule has 5 nitrogen and oxygen atoms in total. The van der Waals surface area contributed by atoms with Gasteiger partial charge in [-0.15, -0.1) is 0 Å². The van der Waals surface area contributed by atoms with Crippen LogP contribution in [0.15, 0.2) is 60.7 Å². The Morgan fingerprint density at radius 1 is 0.562 bits per heavy atom. The smallest absolute Gasteiger partial charge is 0.319 e. The normalized spacial score (nSPS) is 11.3. The third-order valence-electron chi connectivity index (χ3n) is 3.78. The average Bonchev–Trinajstić information content (AvgIpc) is 2.83. The molecule has 0 unspecified atom stereocenters. The first-order valence-electron chi connectivity index (χ1n) is 10.4. The van der Waals surface area contributed by atoms with Gasteiger partial charge in [0.2, 0.25) is 0 Å². The molecule has 0 amide bonds. The summed E-state index contributed by atoms with van der Waals surface area (Å²) in [5.41, 5.74) is 2.38. The van der Waals surface area contributed by atoms with Gasteiger partial charge in [-0.1, -0.05) is 104 Å². The Kier molecular flexibility index (Phi) is 17.9. The van der Waals surface area contributed by atoms with E-state index in [2.05, 4.69) is 24.3 Å². The van der Waals surface area contributed by atoms with Crippen LogP contribution in [0.25, 0.3) is 0 Å². The highest BCUT2D eigenvalue weighted by molar-refractivity contribution is 8.77. The fourth-order valence-electron chi connectivity index (χ4n) is 2.31. The molecule has 0 N–H and O–H groups in total. The number of hydrogen-bond donors (Lipinski definition) is 0. The molecule has 2 rings (SSSR count). The van der Waals surface area contributed by atoms with E-state index in [1.807, 2.05) is 36.4 Å². The van der Waals surface area contributed by atoms with Crippen molar-refractivity contribution in [2.24, 2.45) is 0 Å². The van der Waals surface area contributed by atoms with Gasteiger partial charge in [-0.05, 0) is 11.1 Å². The van der Waals surface area contributed by atoms with Crippen LogP contribution in [0.3, 0.4) is 0 Å². The predicted molar refractivity (Wildman–Crippen MR) is 143 cm³/mol. The molecule has 0 atom stereocenters. The van der Waals surface area contributed by atoms with Crippen LogP contribution < -0.4 is 0 Å². The summed E-state index contributed by atoms with van der Waals surface area (Å²) in [4.78, 5) is 0. The molecule has 0 spiro atoms. The summed E-state index contributed by atoms with van der Waals surface area (Å²) < 4.78 is 33.5. The molecular formula is C22H31O5PS4. The standard InChI is InChI=1S/C22H31O5PS4/c23-28(26-13-17-31-29-15-11-24-19-21-7-3-1-4-8-21)27-14-18-32-30-16-12-25-20-22-9-5-2-6-10-22/h1-10,28H,11-20H2. The lowest BCUT2D eigenvalue weighted by Crippen LogP contribution is -1.98. The van der Waals surface area contributed by atoms with Crippen molar-refractivity contribution in [3.05, 3.63) is 71.8 Å². The van der Waals surface area contributed by atoms with E-state index in [1.54, 1.807) is 43.2 Å². The van der Waals surface area contributed by atoms with Gasteiger partial charge in [-0.2, -0.15) is 0 Å². The molecule has 0 heterocycles. The molecule has 0 radical (unpaired) electrons. The van der Waals surface area contributed by atoms with E-state index in [-0.39, 0.29) is 0 Å². The van der Waals surface area contributed by atoms with Gasteiger partial charge in [0.1, 0.15) is 0 Å². The van der Waals surface area contributed by atoms with E-state index in [4.69, 9.17) is 18.5 Å². The van der Waals surface area contributed by atoms with Crippen LogP contribution >= 0.6 is 51.4 Å². The number of benzene rings is 2. The molecule has 0 aromatic heterocycles. The van der Waals surface area contributed by atoms with E-state index < -0.39 is 8.25 Å². The molecule has 0 bridgehead atoms. The van der Waals surface area contributed by atoms with E-state index in [0.717, 1.165) is 23.0 Å². The average molecular weight is 535 g/mol. The van der Waals surface area contributed by atoms with E-state index in [1.165, 1.54) is 11.1 Å². The van der Waals surface area contributed by atoms with Crippen molar-refractivity contribution in [3.63, 3.8) is 0 Å². The van der Waals surface area contributed by atoms with Gasteiger partial charge in [-0.25, -0.2) is 0 Å². The lowest BCUT2D eigenvalue weighted by Gasteiger charge is -2.06. The van der Waals surface area contributed by atoms with Crippen LogP contribution in [0.4, 0.5) is 0 Å². The maximum atomic E-state index is 11.7. The highest BCUT2D eigenvalue weighted by Gasteiger charge is 2.01. The van der Waals surface area contributed by atoms with Crippen molar-refractivity contribution in [2.75, 3.05) is 49.4 Å². The van der Waals surface area contributed by atoms with E-state index in [9.17, 15) is 4.57 Å². The van der Waals surface area contributed by atoms with Crippen LogP contribution in [0.5, 0.6) is 0 Å². The second-order valence-corrected chi connectivity index (χ2v) is 12.8. The molecular weight excluding hydrogens is 503 g/mol. The van der Waals surface area contributed by atoms with Crippen molar-refractivity contribution in [1.82, 2.24) is 0 Å². The minimum atomic E-state index is -2.40. The largest absolute Gasteiger partial charge is 0.376 e. The first-order chi connectivity index (χ1) is 15.8. The van der Waals surface area contributed by atoms with Crippen LogP contribution in [0.2, 0.25) is 0 Å². The summed E-state index contributed by atoms with van der Waals surface area (Å²) in [6.45, 7) is 3.58. The molecule has 0 fully saturated rings. The third kappa shape index (κ3) is 15.7. The molecule has 0 aliphatic carbocycles. The molecule has 10 heteroatoms. The quantitative estimate of drug-likeness (QED) is 0.106. The highest BCUT2D eigenvalue weighted by atomic mass is 33.1. The van der Waals surface area contributed by atoms with Crippen molar-refractivity contribution >= 4 is 51.4 Å². The Bertz CT molecular complexity index is 652. The SMILES string of the molecule is O=[PH](OCCSSCCOCc1ccccc1)OCCSSCCOCc1ccccc1. The number of ether oxygens (including phenoxy) is 2. The van der Waals surface area contributed by atoms with Gasteiger partial charge in [0.15, 0.2) is 0 Å². The Morgan fingerprint density at radius 3 is 1.34 bits per heavy atom. The third-order valence-corrected chi connectivity index (χ3v) is 9.33. The molecule has 32 heavy (non-hydrogen) atoms. The molecule has 2 aromatic rings. The van der Waals surface area contributed by atoms with Crippen LogP contribution in [-0.2, 0) is 36.3 Å². The lowest BCUT2D eigenvalue weighted by atomic mass is 10.2. The summed E-state index contributed by atoms with van der Waals surface area (Å²) in [6.07, 6.45) is 0. The van der Waals surface area contributed by atoms with Gasteiger partial charge >= 0.3 is 8.25 Å². The zero-order valence-corrected chi connectivity index (χ0v) is 22.3. The van der Waals surface area contributed by atoms with Crippen molar-refractivity contribution in [1.29, 1.82) is 0 Å². The monoisotopic (exact) mass is 534 g/mol. The van der Waals surface area contributed by atoms with Gasteiger partial charge < -0.3 is 18.5 Å². The summed E-state index contributed by atoms with van der Waals surface area (Å²) in [5.74, 6) is 3.37. The van der Waals surface area contributed by atoms with Gasteiger partial charge in [0, 0.05) is 23.0 Å². The van der Waals surface area contributed by atoms with Crippen molar-refractivity contribution in [3.8, 4) is 0 Å². The van der Waals surface area contributed by atoms with Gasteiger partial charge in [0.05, 0.1) is 39.6 Å². The maximum absolute atomic E-state index is 11.7. The summed E-state index contributed by atoms with van der Waals surface area (Å²) >= 11 is 0. The molecule has 2 aromatic carbocycles. The van der Waals surface area contributed by atoms with Crippen molar-refractivity contribution < 1.29 is 23.1 Å². The van der Waals surface area contributed by atoms with Crippen molar-refractivity contribution in [2.45, 2.75) is 13.2 Å². The molecule has 0 aliphatic rings. The van der Waals surface area contributed by atoms with Gasteiger partial charge in [-0.3, -0.25) is 4.57 Å². The first-order valence-corrected chi connectivity index (χ1v) is 16.6. The van der Waals surface area contributed by atoms with Crippen LogP contribution in [-0.4, -0.2) is 49.4 Å². The summed E-state index contributed by atoms with van der Waals surface area (Å²) in [5, 5.41) is 0. The molecule has 178 valence electrons. The second-order valence-electron chi connectivity index (χ2n) is 6.31. The van der Waals surface area contributed by atoms with Gasteiger partial charge in [0.25, 0.3) is 0 Å². The summed E-state index contributed by atoms with van der Waals surface area (Å²) in [6, 6.07) is 20.3. The van der Waals surface area contributed by atoms with Crippen LogP contribution in [0.1, 0.15) is 11.1 Å². The van der Waals surface area contributed by atoms with Crippen LogP contribution in [0, 0.1) is 0 Å². The fraction of sp³-hybridized carbons (Fsp3) is 0.455.